The lowest BCUT2D eigenvalue weighted by molar-refractivity contribution is -0.116. The highest BCUT2D eigenvalue weighted by Gasteiger charge is 2.48. The Labute approximate surface area is 107 Å². The van der Waals surface area contributed by atoms with E-state index in [1.807, 2.05) is 0 Å². The van der Waals surface area contributed by atoms with E-state index in [0.29, 0.717) is 17.6 Å². The maximum Gasteiger partial charge on any atom is 0.0604 e. The van der Waals surface area contributed by atoms with Crippen molar-refractivity contribution in [1.29, 1.82) is 0 Å². The van der Waals surface area contributed by atoms with Crippen molar-refractivity contribution in [2.24, 2.45) is 11.3 Å². The van der Waals surface area contributed by atoms with Crippen molar-refractivity contribution in [2.75, 3.05) is 13.1 Å². The van der Waals surface area contributed by atoms with E-state index >= 15 is 0 Å². The highest BCUT2D eigenvalue weighted by molar-refractivity contribution is 5.00. The van der Waals surface area contributed by atoms with Crippen LogP contribution in [0.5, 0.6) is 0 Å². The standard InChI is InChI=1S/C15H29NO/c1-11(2)16-9-15(10-16)7-6-14(13(5)8-15)17-12(3)4/h11-14H,6-10H2,1-5H3/t13-,14-/m0/s1. The third-order valence-corrected chi connectivity index (χ3v) is 4.60. The molecule has 2 fully saturated rings. The van der Waals surface area contributed by atoms with Gasteiger partial charge in [0, 0.05) is 19.1 Å². The Kier molecular flexibility index (Phi) is 3.84. The fourth-order valence-corrected chi connectivity index (χ4v) is 3.67. The van der Waals surface area contributed by atoms with Gasteiger partial charge in [0.15, 0.2) is 0 Å². The number of rotatable bonds is 3. The molecule has 2 aliphatic rings. The summed E-state index contributed by atoms with van der Waals surface area (Å²) >= 11 is 0. The van der Waals surface area contributed by atoms with E-state index in [0.717, 1.165) is 12.0 Å². The molecule has 0 aromatic rings. The Hall–Kier alpha value is -0.0800. The van der Waals surface area contributed by atoms with Crippen molar-refractivity contribution < 1.29 is 4.74 Å². The van der Waals surface area contributed by atoms with Crippen LogP contribution in [-0.2, 0) is 4.74 Å². The Bertz CT molecular complexity index is 256. The lowest BCUT2D eigenvalue weighted by Crippen LogP contribution is -2.61. The molecule has 2 rings (SSSR count). The normalized spacial score (nSPS) is 33.4. The average molecular weight is 239 g/mol. The van der Waals surface area contributed by atoms with E-state index in [-0.39, 0.29) is 0 Å². The van der Waals surface area contributed by atoms with Gasteiger partial charge in [0.2, 0.25) is 0 Å². The molecular formula is C15H29NO. The molecule has 1 spiro atoms. The molecule has 1 saturated heterocycles. The van der Waals surface area contributed by atoms with Crippen molar-refractivity contribution >= 4 is 0 Å². The molecule has 2 atom stereocenters. The highest BCUT2D eigenvalue weighted by atomic mass is 16.5. The van der Waals surface area contributed by atoms with Crippen LogP contribution in [0.3, 0.4) is 0 Å². The molecule has 0 bridgehead atoms. The summed E-state index contributed by atoms with van der Waals surface area (Å²) in [7, 11) is 0. The van der Waals surface area contributed by atoms with Crippen molar-refractivity contribution in [1.82, 2.24) is 4.90 Å². The van der Waals surface area contributed by atoms with E-state index in [1.165, 1.54) is 32.4 Å². The molecule has 17 heavy (non-hydrogen) atoms. The lowest BCUT2D eigenvalue weighted by atomic mass is 9.64. The summed E-state index contributed by atoms with van der Waals surface area (Å²) in [6.45, 7) is 14.0. The molecule has 0 amide bonds. The van der Waals surface area contributed by atoms with Gasteiger partial charge >= 0.3 is 0 Å². The molecular weight excluding hydrogens is 210 g/mol. The molecule has 0 N–H and O–H groups in total. The first-order valence-corrected chi connectivity index (χ1v) is 7.31. The first-order valence-electron chi connectivity index (χ1n) is 7.31. The van der Waals surface area contributed by atoms with Gasteiger partial charge in [-0.1, -0.05) is 6.92 Å². The number of ether oxygens (including phenoxy) is 1. The second-order valence-electron chi connectivity index (χ2n) is 6.94. The number of hydrogen-bond acceptors (Lipinski definition) is 2. The van der Waals surface area contributed by atoms with Gasteiger partial charge in [-0.3, -0.25) is 4.90 Å². The Morgan fingerprint density at radius 3 is 2.29 bits per heavy atom. The molecule has 1 heterocycles. The number of nitrogens with zero attached hydrogens (tertiary/aromatic N) is 1. The molecule has 0 unspecified atom stereocenters. The van der Waals surface area contributed by atoms with Gasteiger partial charge < -0.3 is 4.74 Å². The van der Waals surface area contributed by atoms with Crippen LogP contribution in [0.1, 0.15) is 53.9 Å². The summed E-state index contributed by atoms with van der Waals surface area (Å²) in [5.41, 5.74) is 0.639. The quantitative estimate of drug-likeness (QED) is 0.749. The van der Waals surface area contributed by atoms with E-state index in [4.69, 9.17) is 4.74 Å². The van der Waals surface area contributed by atoms with Gasteiger partial charge in [0.1, 0.15) is 0 Å². The van der Waals surface area contributed by atoms with Gasteiger partial charge in [0.25, 0.3) is 0 Å². The highest BCUT2D eigenvalue weighted by Crippen LogP contribution is 2.47. The zero-order valence-corrected chi connectivity index (χ0v) is 12.2. The largest absolute Gasteiger partial charge is 0.375 e. The molecule has 100 valence electrons. The van der Waals surface area contributed by atoms with Crippen LogP contribution in [0.2, 0.25) is 0 Å². The maximum absolute atomic E-state index is 6.03. The zero-order valence-electron chi connectivity index (χ0n) is 12.2. The van der Waals surface area contributed by atoms with Gasteiger partial charge in [-0.05, 0) is 58.3 Å². The summed E-state index contributed by atoms with van der Waals surface area (Å²) in [5.74, 6) is 0.737. The molecule has 0 aromatic heterocycles. The molecule has 0 aromatic carbocycles. The van der Waals surface area contributed by atoms with E-state index in [1.54, 1.807) is 0 Å². The summed E-state index contributed by atoms with van der Waals surface area (Å²) in [5, 5.41) is 0. The van der Waals surface area contributed by atoms with Gasteiger partial charge in [-0.25, -0.2) is 0 Å². The van der Waals surface area contributed by atoms with Crippen LogP contribution in [0.4, 0.5) is 0 Å². The minimum absolute atomic E-state index is 0.380. The second-order valence-corrected chi connectivity index (χ2v) is 6.94. The Morgan fingerprint density at radius 2 is 1.82 bits per heavy atom. The fourth-order valence-electron chi connectivity index (χ4n) is 3.67. The minimum Gasteiger partial charge on any atom is -0.375 e. The molecule has 1 saturated carbocycles. The number of hydrogen-bond donors (Lipinski definition) is 0. The second kappa shape index (κ2) is 4.89. The van der Waals surface area contributed by atoms with E-state index in [2.05, 4.69) is 39.5 Å². The SMILES string of the molecule is CC(C)O[C@H]1CCC2(C[C@@H]1C)CN(C(C)C)C2. The summed E-state index contributed by atoms with van der Waals surface area (Å²) in [4.78, 5) is 2.61. The first-order chi connectivity index (χ1) is 7.92. The van der Waals surface area contributed by atoms with E-state index in [9.17, 15) is 0 Å². The molecule has 2 nitrogen and oxygen atoms in total. The third kappa shape index (κ3) is 2.85. The summed E-state index contributed by atoms with van der Waals surface area (Å²) < 4.78 is 6.03. The average Bonchev–Trinajstić information content (AvgIpc) is 2.16. The first kappa shape index (κ1) is 13.4. The van der Waals surface area contributed by atoms with Crippen LogP contribution in [0.15, 0.2) is 0 Å². The van der Waals surface area contributed by atoms with Crippen molar-refractivity contribution in [2.45, 2.75) is 72.1 Å². The van der Waals surface area contributed by atoms with Crippen LogP contribution in [-0.4, -0.2) is 36.2 Å². The Balaban J connectivity index is 1.84. The third-order valence-electron chi connectivity index (χ3n) is 4.60. The van der Waals surface area contributed by atoms with Gasteiger partial charge in [-0.15, -0.1) is 0 Å². The molecule has 1 aliphatic carbocycles. The van der Waals surface area contributed by atoms with Crippen LogP contribution in [0.25, 0.3) is 0 Å². The molecule has 2 heteroatoms. The van der Waals surface area contributed by atoms with Gasteiger partial charge in [0.05, 0.1) is 12.2 Å². The fraction of sp³-hybridized carbons (Fsp3) is 1.00. The Morgan fingerprint density at radius 1 is 1.18 bits per heavy atom. The molecule has 1 aliphatic heterocycles. The van der Waals surface area contributed by atoms with Crippen LogP contribution >= 0.6 is 0 Å². The maximum atomic E-state index is 6.03. The minimum atomic E-state index is 0.380. The smallest absolute Gasteiger partial charge is 0.0604 e. The summed E-state index contributed by atoms with van der Waals surface area (Å²) in [6, 6.07) is 0.723. The predicted octanol–water partition coefficient (Wildman–Crippen LogP) is 3.31. The van der Waals surface area contributed by atoms with Gasteiger partial charge in [-0.2, -0.15) is 0 Å². The number of likely N-dealkylation sites (tertiary alicyclic amines) is 1. The van der Waals surface area contributed by atoms with Crippen LogP contribution in [0, 0.1) is 11.3 Å². The molecule has 0 radical (unpaired) electrons. The summed E-state index contributed by atoms with van der Waals surface area (Å²) in [6.07, 6.45) is 4.90. The predicted molar refractivity (Wildman–Crippen MR) is 72.2 cm³/mol. The van der Waals surface area contributed by atoms with Crippen LogP contribution < -0.4 is 0 Å². The zero-order chi connectivity index (χ0) is 12.6. The van der Waals surface area contributed by atoms with Crippen molar-refractivity contribution in [3.63, 3.8) is 0 Å². The lowest BCUT2D eigenvalue weighted by Gasteiger charge is -2.56. The topological polar surface area (TPSA) is 12.5 Å². The monoisotopic (exact) mass is 239 g/mol. The van der Waals surface area contributed by atoms with E-state index < -0.39 is 0 Å². The van der Waals surface area contributed by atoms with Crippen molar-refractivity contribution in [3.8, 4) is 0 Å². The van der Waals surface area contributed by atoms with Crippen molar-refractivity contribution in [3.05, 3.63) is 0 Å².